The maximum Gasteiger partial charge on any atom is 0.525 e. The Kier molecular flexibility index (Phi) is 2.05. The van der Waals surface area contributed by atoms with Gasteiger partial charge in [-0.05, 0) is 0 Å². The van der Waals surface area contributed by atoms with Crippen molar-refractivity contribution in [2.45, 2.75) is 0 Å². The van der Waals surface area contributed by atoms with Crippen LogP contribution < -0.4 is 4.52 Å². The molecule has 5 nitrogen and oxygen atoms in total. The van der Waals surface area contributed by atoms with Crippen LogP contribution in [-0.4, -0.2) is 14.8 Å². The van der Waals surface area contributed by atoms with Gasteiger partial charge in [-0.25, -0.2) is 9.55 Å². The van der Waals surface area contributed by atoms with E-state index in [0.29, 0.717) is 0 Å². The summed E-state index contributed by atoms with van der Waals surface area (Å²) >= 11 is 1.02. The first-order valence-electron chi connectivity index (χ1n) is 2.21. The monoisotopic (exact) mass is 181 g/mol. The molecule has 0 atom stereocenters. The van der Waals surface area contributed by atoms with Gasteiger partial charge in [0.05, 0.1) is 11.7 Å². The molecule has 56 valence electrons. The quantitative estimate of drug-likeness (QED) is 0.653. The van der Waals surface area contributed by atoms with Crippen molar-refractivity contribution in [3.8, 4) is 5.06 Å². The number of nitrogens with zero attached hydrogens (tertiary/aromatic N) is 1. The molecule has 7 heteroatoms. The third-order valence-electron chi connectivity index (χ3n) is 0.619. The molecule has 0 fully saturated rings. The molecule has 0 saturated heterocycles. The zero-order valence-electron chi connectivity index (χ0n) is 4.67. The zero-order valence-corrected chi connectivity index (χ0v) is 6.38. The van der Waals surface area contributed by atoms with Crippen molar-refractivity contribution in [3.63, 3.8) is 0 Å². The Morgan fingerprint density at radius 2 is 2.40 bits per heavy atom. The van der Waals surface area contributed by atoms with E-state index in [1.807, 2.05) is 0 Å². The highest BCUT2D eigenvalue weighted by molar-refractivity contribution is 7.47. The average molecular weight is 181 g/mol. The number of phosphoric ester groups is 1. The van der Waals surface area contributed by atoms with Gasteiger partial charge in [-0.1, -0.05) is 11.3 Å². The summed E-state index contributed by atoms with van der Waals surface area (Å²) in [4.78, 5) is 20.1. The van der Waals surface area contributed by atoms with Crippen LogP contribution in [0.2, 0.25) is 0 Å². The lowest BCUT2D eigenvalue weighted by Crippen LogP contribution is -1.86. The molecule has 1 rings (SSSR count). The third-order valence-corrected chi connectivity index (χ3v) is 1.82. The second kappa shape index (κ2) is 2.67. The predicted octanol–water partition coefficient (Wildman–Crippen LogP) is 0.615. The van der Waals surface area contributed by atoms with Crippen molar-refractivity contribution in [1.82, 2.24) is 4.98 Å². The van der Waals surface area contributed by atoms with Crippen molar-refractivity contribution < 1.29 is 18.9 Å². The molecule has 0 spiro atoms. The van der Waals surface area contributed by atoms with E-state index in [1.54, 1.807) is 0 Å². The summed E-state index contributed by atoms with van der Waals surface area (Å²) in [6, 6.07) is 0. The van der Waals surface area contributed by atoms with Crippen LogP contribution in [0.3, 0.4) is 0 Å². The summed E-state index contributed by atoms with van der Waals surface area (Å²) in [6.07, 6.45) is 1.24. The number of phosphoric acid groups is 1. The van der Waals surface area contributed by atoms with Gasteiger partial charge in [-0.3, -0.25) is 9.79 Å². The van der Waals surface area contributed by atoms with Gasteiger partial charge in [-0.15, -0.1) is 0 Å². The Bertz CT molecular complexity index is 241. The van der Waals surface area contributed by atoms with E-state index in [9.17, 15) is 4.57 Å². The molecule has 1 heterocycles. The van der Waals surface area contributed by atoms with Crippen molar-refractivity contribution in [2.24, 2.45) is 0 Å². The van der Waals surface area contributed by atoms with E-state index in [4.69, 9.17) is 9.79 Å². The third kappa shape index (κ3) is 2.45. The van der Waals surface area contributed by atoms with E-state index in [1.165, 1.54) is 11.7 Å². The van der Waals surface area contributed by atoms with Crippen LogP contribution in [0.15, 0.2) is 11.7 Å². The predicted molar refractivity (Wildman–Crippen MR) is 34.8 cm³/mol. The van der Waals surface area contributed by atoms with Crippen LogP contribution >= 0.6 is 19.2 Å². The molecular formula is C3H4NO4PS. The Morgan fingerprint density at radius 3 is 2.80 bits per heavy atom. The van der Waals surface area contributed by atoms with Gasteiger partial charge in [0, 0.05) is 0 Å². The lowest BCUT2D eigenvalue weighted by Gasteiger charge is -2.00. The number of aromatic nitrogens is 1. The van der Waals surface area contributed by atoms with Crippen molar-refractivity contribution in [2.75, 3.05) is 0 Å². The summed E-state index contributed by atoms with van der Waals surface area (Å²) in [5.41, 5.74) is 1.42. The summed E-state index contributed by atoms with van der Waals surface area (Å²) < 4.78 is 14.3. The summed E-state index contributed by atoms with van der Waals surface area (Å²) in [7, 11) is -4.38. The highest BCUT2D eigenvalue weighted by atomic mass is 32.1. The Morgan fingerprint density at radius 1 is 1.70 bits per heavy atom. The van der Waals surface area contributed by atoms with E-state index >= 15 is 0 Å². The minimum Gasteiger partial charge on any atom is -0.392 e. The lowest BCUT2D eigenvalue weighted by atomic mass is 10.9. The zero-order chi connectivity index (χ0) is 7.61. The summed E-state index contributed by atoms with van der Waals surface area (Å²) in [5, 5.41) is 0.119. The van der Waals surface area contributed by atoms with E-state index in [0.717, 1.165) is 11.3 Å². The Balaban J connectivity index is 2.66. The molecule has 10 heavy (non-hydrogen) atoms. The standard InChI is InChI=1S/C3H4NO4PS/c5-9(6,7)8-3-1-4-2-10-3/h1-2H,(H2,5,6,7). The molecule has 0 aliphatic rings. The van der Waals surface area contributed by atoms with Crippen LogP contribution in [0.4, 0.5) is 0 Å². The smallest absolute Gasteiger partial charge is 0.392 e. The fourth-order valence-electron chi connectivity index (χ4n) is 0.366. The normalized spacial score (nSPS) is 11.4. The molecule has 1 aromatic heterocycles. The lowest BCUT2D eigenvalue weighted by molar-refractivity contribution is 0.286. The summed E-state index contributed by atoms with van der Waals surface area (Å²) in [6.45, 7) is 0. The van der Waals surface area contributed by atoms with Gasteiger partial charge in [0.25, 0.3) is 0 Å². The van der Waals surface area contributed by atoms with Gasteiger partial charge in [0.1, 0.15) is 0 Å². The van der Waals surface area contributed by atoms with E-state index in [-0.39, 0.29) is 5.06 Å². The molecule has 0 aliphatic carbocycles. The topological polar surface area (TPSA) is 79.7 Å². The van der Waals surface area contributed by atoms with Crippen LogP contribution in [0.1, 0.15) is 0 Å². The minimum atomic E-state index is -4.38. The van der Waals surface area contributed by atoms with Crippen LogP contribution in [0.25, 0.3) is 0 Å². The molecule has 0 aromatic carbocycles. The van der Waals surface area contributed by atoms with Gasteiger partial charge in [0.15, 0.2) is 0 Å². The first-order valence-corrected chi connectivity index (χ1v) is 4.62. The molecule has 0 amide bonds. The maximum absolute atomic E-state index is 10.1. The highest BCUT2D eigenvalue weighted by Gasteiger charge is 2.16. The Hall–Kier alpha value is -0.420. The minimum absolute atomic E-state index is 0.119. The van der Waals surface area contributed by atoms with Crippen molar-refractivity contribution in [3.05, 3.63) is 11.7 Å². The number of hydrogen-bond acceptors (Lipinski definition) is 4. The van der Waals surface area contributed by atoms with Crippen molar-refractivity contribution in [1.29, 1.82) is 0 Å². The molecule has 0 bridgehead atoms. The van der Waals surface area contributed by atoms with Crippen LogP contribution in [0.5, 0.6) is 5.06 Å². The fourth-order valence-corrected chi connectivity index (χ4v) is 1.46. The van der Waals surface area contributed by atoms with Gasteiger partial charge < -0.3 is 4.52 Å². The number of hydrogen-bond donors (Lipinski definition) is 2. The molecule has 1 aromatic rings. The average Bonchev–Trinajstić information content (AvgIpc) is 2.12. The maximum atomic E-state index is 10.1. The van der Waals surface area contributed by atoms with E-state index in [2.05, 4.69) is 9.51 Å². The van der Waals surface area contributed by atoms with Crippen molar-refractivity contribution >= 4 is 19.2 Å². The van der Waals surface area contributed by atoms with Gasteiger partial charge in [-0.2, -0.15) is 0 Å². The molecule has 0 aliphatic heterocycles. The highest BCUT2D eigenvalue weighted by Crippen LogP contribution is 2.38. The largest absolute Gasteiger partial charge is 0.525 e. The van der Waals surface area contributed by atoms with Crippen LogP contribution in [0, 0.1) is 0 Å². The first-order chi connectivity index (χ1) is 4.58. The van der Waals surface area contributed by atoms with E-state index < -0.39 is 7.82 Å². The molecular weight excluding hydrogens is 177 g/mol. The Labute approximate surface area is 60.5 Å². The summed E-state index contributed by atoms with van der Waals surface area (Å²) in [5.74, 6) is 0. The second-order valence-electron chi connectivity index (χ2n) is 1.40. The van der Waals surface area contributed by atoms with Gasteiger partial charge in [0.2, 0.25) is 5.06 Å². The molecule has 0 unspecified atom stereocenters. The number of thiazole rings is 1. The number of rotatable bonds is 2. The second-order valence-corrected chi connectivity index (χ2v) is 3.41. The molecule has 2 N–H and O–H groups in total. The SMILES string of the molecule is O=P(O)(O)Oc1cncs1. The first kappa shape index (κ1) is 7.68. The fraction of sp³-hybridized carbons (Fsp3) is 0. The molecule has 0 radical (unpaired) electrons. The molecule has 0 saturated carbocycles. The van der Waals surface area contributed by atoms with Gasteiger partial charge >= 0.3 is 7.82 Å². The van der Waals surface area contributed by atoms with Crippen LogP contribution in [-0.2, 0) is 4.57 Å².